The Labute approximate surface area is 115 Å². The summed E-state index contributed by atoms with van der Waals surface area (Å²) in [4.78, 5) is 0. The summed E-state index contributed by atoms with van der Waals surface area (Å²) in [6.07, 6.45) is 0.0931. The molecule has 0 aliphatic heterocycles. The van der Waals surface area contributed by atoms with E-state index in [2.05, 4.69) is 0 Å². The highest BCUT2D eigenvalue weighted by Crippen LogP contribution is 2.35. The Bertz CT molecular complexity index is 640. The maximum Gasteiger partial charge on any atom is 0.165 e. The smallest absolute Gasteiger partial charge is 0.165 e. The molecule has 106 valence electrons. The fraction of sp³-hybridized carbons (Fsp3) is 0.250. The molecule has 0 spiro atoms. The van der Waals surface area contributed by atoms with Gasteiger partial charge in [-0.3, -0.25) is 0 Å². The maximum absolute atomic E-state index is 14.1. The average Bonchev–Trinajstić information content (AvgIpc) is 2.44. The fourth-order valence-electron chi connectivity index (χ4n) is 2.26. The van der Waals surface area contributed by atoms with Crippen LogP contribution in [0.3, 0.4) is 0 Å². The van der Waals surface area contributed by atoms with Gasteiger partial charge in [-0.1, -0.05) is 31.2 Å². The van der Waals surface area contributed by atoms with Crippen molar-refractivity contribution in [3.63, 3.8) is 0 Å². The first-order valence-electron chi connectivity index (χ1n) is 6.33. The van der Waals surface area contributed by atoms with Crippen molar-refractivity contribution >= 4 is 0 Å². The topological polar surface area (TPSA) is 20.2 Å². The number of hydrogen-bond donors (Lipinski definition) is 1. The minimum Gasteiger partial charge on any atom is -0.380 e. The number of hydrogen-bond acceptors (Lipinski definition) is 1. The second-order valence-corrected chi connectivity index (χ2v) is 4.78. The second kappa shape index (κ2) is 5.29. The van der Waals surface area contributed by atoms with Crippen LogP contribution in [-0.4, -0.2) is 5.11 Å². The van der Waals surface area contributed by atoms with E-state index < -0.39 is 23.1 Å². The van der Waals surface area contributed by atoms with E-state index in [1.165, 1.54) is 37.3 Å². The molecule has 4 heteroatoms. The van der Waals surface area contributed by atoms with Crippen molar-refractivity contribution in [1.29, 1.82) is 0 Å². The lowest BCUT2D eigenvalue weighted by Crippen LogP contribution is -2.28. The molecule has 0 fully saturated rings. The van der Waals surface area contributed by atoms with Crippen molar-refractivity contribution in [2.45, 2.75) is 25.9 Å². The number of rotatable bonds is 3. The highest BCUT2D eigenvalue weighted by molar-refractivity contribution is 5.38. The molecule has 0 radical (unpaired) electrons. The first-order valence-corrected chi connectivity index (χ1v) is 6.33. The van der Waals surface area contributed by atoms with Crippen LogP contribution in [0.25, 0.3) is 0 Å². The molecule has 20 heavy (non-hydrogen) atoms. The van der Waals surface area contributed by atoms with E-state index in [0.29, 0.717) is 0 Å². The molecule has 1 unspecified atom stereocenters. The molecule has 2 aromatic carbocycles. The van der Waals surface area contributed by atoms with Crippen LogP contribution in [0.1, 0.15) is 30.0 Å². The highest BCUT2D eigenvalue weighted by atomic mass is 19.2. The second-order valence-electron chi connectivity index (χ2n) is 4.78. The van der Waals surface area contributed by atoms with Crippen molar-refractivity contribution in [1.82, 2.24) is 0 Å². The van der Waals surface area contributed by atoms with Crippen LogP contribution in [0.2, 0.25) is 0 Å². The standard InChI is InChI=1S/C16H15F3O/c1-3-16(20,11-5-4-6-12(17)9-11)13-8-7-10(2)14(18)15(13)19/h4-9,20H,3H2,1-2H3. The first kappa shape index (κ1) is 14.6. The van der Waals surface area contributed by atoms with Gasteiger partial charge in [-0.15, -0.1) is 0 Å². The van der Waals surface area contributed by atoms with Gasteiger partial charge in [0.25, 0.3) is 0 Å². The van der Waals surface area contributed by atoms with E-state index in [9.17, 15) is 18.3 Å². The molecule has 1 atom stereocenters. The van der Waals surface area contributed by atoms with Gasteiger partial charge in [-0.25, -0.2) is 13.2 Å². The number of aliphatic hydroxyl groups is 1. The Morgan fingerprint density at radius 3 is 2.35 bits per heavy atom. The van der Waals surface area contributed by atoms with Gasteiger partial charge in [-0.2, -0.15) is 0 Å². The molecule has 0 amide bonds. The Balaban J connectivity index is 2.65. The van der Waals surface area contributed by atoms with Crippen molar-refractivity contribution in [2.75, 3.05) is 0 Å². The third kappa shape index (κ3) is 2.31. The van der Waals surface area contributed by atoms with Crippen LogP contribution in [-0.2, 0) is 5.60 Å². The summed E-state index contributed by atoms with van der Waals surface area (Å²) in [6.45, 7) is 3.07. The van der Waals surface area contributed by atoms with Crippen LogP contribution in [0, 0.1) is 24.4 Å². The van der Waals surface area contributed by atoms with Gasteiger partial charge in [0, 0.05) is 5.56 Å². The summed E-state index contributed by atoms with van der Waals surface area (Å²) in [5.74, 6) is -2.63. The molecular formula is C16H15F3O. The van der Waals surface area contributed by atoms with E-state index in [-0.39, 0.29) is 23.1 Å². The number of benzene rings is 2. The lowest BCUT2D eigenvalue weighted by atomic mass is 9.83. The zero-order chi connectivity index (χ0) is 14.9. The molecule has 0 heterocycles. The zero-order valence-electron chi connectivity index (χ0n) is 11.3. The van der Waals surface area contributed by atoms with Gasteiger partial charge >= 0.3 is 0 Å². The quantitative estimate of drug-likeness (QED) is 0.899. The van der Waals surface area contributed by atoms with Crippen LogP contribution in [0.4, 0.5) is 13.2 Å². The van der Waals surface area contributed by atoms with Gasteiger partial charge < -0.3 is 5.11 Å². The SMILES string of the molecule is CCC(O)(c1cccc(F)c1)c1ccc(C)c(F)c1F. The lowest BCUT2D eigenvalue weighted by molar-refractivity contribution is 0.0714. The molecule has 2 aromatic rings. The lowest BCUT2D eigenvalue weighted by Gasteiger charge is -2.28. The van der Waals surface area contributed by atoms with Crippen LogP contribution < -0.4 is 0 Å². The Morgan fingerprint density at radius 1 is 1.05 bits per heavy atom. The summed E-state index contributed by atoms with van der Waals surface area (Å²) in [7, 11) is 0. The van der Waals surface area contributed by atoms with Gasteiger partial charge in [0.1, 0.15) is 11.4 Å². The molecule has 2 rings (SSSR count). The summed E-state index contributed by atoms with van der Waals surface area (Å²) < 4.78 is 41.1. The molecule has 0 saturated heterocycles. The summed E-state index contributed by atoms with van der Waals surface area (Å²) in [6, 6.07) is 8.00. The van der Waals surface area contributed by atoms with E-state index in [4.69, 9.17) is 0 Å². The normalized spacial score (nSPS) is 14.1. The minimum atomic E-state index is -1.76. The van der Waals surface area contributed by atoms with Crippen LogP contribution in [0.5, 0.6) is 0 Å². The summed E-state index contributed by atoms with van der Waals surface area (Å²) in [5, 5.41) is 10.7. The van der Waals surface area contributed by atoms with E-state index in [0.717, 1.165) is 6.07 Å². The van der Waals surface area contributed by atoms with Crippen molar-refractivity contribution in [3.8, 4) is 0 Å². The van der Waals surface area contributed by atoms with Gasteiger partial charge in [0.15, 0.2) is 11.6 Å². The molecule has 0 aromatic heterocycles. The van der Waals surface area contributed by atoms with Gasteiger partial charge in [-0.05, 0) is 36.6 Å². The predicted octanol–water partition coefficient (Wildman–Crippen LogP) is 4.06. The van der Waals surface area contributed by atoms with Crippen LogP contribution >= 0.6 is 0 Å². The summed E-state index contributed by atoms with van der Waals surface area (Å²) >= 11 is 0. The first-order chi connectivity index (χ1) is 9.40. The Hall–Kier alpha value is -1.81. The number of halogens is 3. The monoisotopic (exact) mass is 280 g/mol. The van der Waals surface area contributed by atoms with E-state index in [1.807, 2.05) is 0 Å². The number of aryl methyl sites for hydroxylation is 1. The molecule has 1 nitrogen and oxygen atoms in total. The Morgan fingerprint density at radius 2 is 1.75 bits per heavy atom. The molecular weight excluding hydrogens is 265 g/mol. The van der Waals surface area contributed by atoms with Gasteiger partial charge in [0.2, 0.25) is 0 Å². The third-order valence-corrected chi connectivity index (χ3v) is 3.53. The van der Waals surface area contributed by atoms with Crippen molar-refractivity contribution < 1.29 is 18.3 Å². The fourth-order valence-corrected chi connectivity index (χ4v) is 2.26. The van der Waals surface area contributed by atoms with Gasteiger partial charge in [0.05, 0.1) is 0 Å². The third-order valence-electron chi connectivity index (χ3n) is 3.53. The molecule has 0 aliphatic rings. The molecule has 0 saturated carbocycles. The largest absolute Gasteiger partial charge is 0.380 e. The zero-order valence-corrected chi connectivity index (χ0v) is 11.3. The van der Waals surface area contributed by atoms with Crippen LogP contribution in [0.15, 0.2) is 36.4 Å². The predicted molar refractivity (Wildman–Crippen MR) is 70.8 cm³/mol. The average molecular weight is 280 g/mol. The maximum atomic E-state index is 14.1. The molecule has 0 bridgehead atoms. The summed E-state index contributed by atoms with van der Waals surface area (Å²) in [5.41, 5.74) is -1.60. The van der Waals surface area contributed by atoms with E-state index >= 15 is 0 Å². The van der Waals surface area contributed by atoms with Crippen molar-refractivity contribution in [2.24, 2.45) is 0 Å². The molecule has 0 aliphatic carbocycles. The molecule has 1 N–H and O–H groups in total. The minimum absolute atomic E-state index is 0.0931. The van der Waals surface area contributed by atoms with E-state index in [1.54, 1.807) is 6.92 Å². The highest BCUT2D eigenvalue weighted by Gasteiger charge is 2.34. The Kier molecular flexibility index (Phi) is 3.86. The van der Waals surface area contributed by atoms with Crippen molar-refractivity contribution in [3.05, 3.63) is 70.5 Å².